The molecule has 0 bridgehead atoms. The molecule has 4 rings (SSSR count). The molecule has 1 aliphatic heterocycles. The monoisotopic (exact) mass is 399 g/mol. The molecule has 2 N–H and O–H groups in total. The van der Waals surface area contributed by atoms with Gasteiger partial charge in [-0.05, 0) is 24.6 Å². The van der Waals surface area contributed by atoms with E-state index in [1.807, 2.05) is 48.7 Å². The van der Waals surface area contributed by atoms with Gasteiger partial charge < -0.3 is 5.73 Å². The molecule has 5 nitrogen and oxygen atoms in total. The fourth-order valence-electron chi connectivity index (χ4n) is 3.47. The number of nitrogens with zero attached hydrogens (tertiary/aromatic N) is 2. The van der Waals surface area contributed by atoms with Crippen LogP contribution in [0.4, 0.5) is 0 Å². The van der Waals surface area contributed by atoms with Crippen molar-refractivity contribution in [1.29, 1.82) is 0 Å². The maximum atomic E-state index is 13.2. The van der Waals surface area contributed by atoms with Crippen LogP contribution < -0.4 is 5.73 Å². The minimum atomic E-state index is -3.61. The van der Waals surface area contributed by atoms with E-state index in [-0.39, 0.29) is 16.9 Å². The molecule has 1 aliphatic rings. The van der Waals surface area contributed by atoms with Gasteiger partial charge in [0.25, 0.3) is 0 Å². The Hall–Kier alpha value is -2.06. The average molecular weight is 400 g/mol. The number of benzene rings is 2. The van der Waals surface area contributed by atoms with E-state index in [9.17, 15) is 8.42 Å². The SMILES string of the molecule is Cc1csc(-c2cccc(S(=O)(=O)N3C[C@@H](N)[C@H](c4ccccc4)C3)c2)n1. The summed E-state index contributed by atoms with van der Waals surface area (Å²) in [6.45, 7) is 2.65. The number of aryl methyl sites for hydroxylation is 1. The van der Waals surface area contributed by atoms with Crippen LogP contribution in [0.2, 0.25) is 0 Å². The van der Waals surface area contributed by atoms with E-state index in [4.69, 9.17) is 5.73 Å². The first-order chi connectivity index (χ1) is 12.9. The molecule has 0 saturated carbocycles. The molecule has 2 atom stereocenters. The first-order valence-corrected chi connectivity index (χ1v) is 11.1. The highest BCUT2D eigenvalue weighted by atomic mass is 32.2. The number of hydrogen-bond donors (Lipinski definition) is 1. The van der Waals surface area contributed by atoms with Crippen LogP contribution in [0.3, 0.4) is 0 Å². The number of sulfonamides is 1. The highest BCUT2D eigenvalue weighted by Gasteiger charge is 2.38. The molecule has 0 unspecified atom stereocenters. The standard InChI is InChI=1S/C20H21N3O2S2/c1-14-13-26-20(22-14)16-8-5-9-17(10-16)27(24,25)23-11-18(19(21)12-23)15-6-3-2-4-7-15/h2-10,13,18-19H,11-12,21H2,1H3/t18-,19+/m0/s1. The Bertz CT molecular complexity index is 1050. The molecule has 0 amide bonds. The highest BCUT2D eigenvalue weighted by molar-refractivity contribution is 7.89. The summed E-state index contributed by atoms with van der Waals surface area (Å²) in [5.74, 6) is 0.00534. The molecule has 140 valence electrons. The number of thiazole rings is 1. The summed E-state index contributed by atoms with van der Waals surface area (Å²) in [6.07, 6.45) is 0. The maximum Gasteiger partial charge on any atom is 0.243 e. The van der Waals surface area contributed by atoms with Crippen molar-refractivity contribution in [2.24, 2.45) is 5.73 Å². The third-order valence-corrected chi connectivity index (χ3v) is 7.73. The van der Waals surface area contributed by atoms with Crippen LogP contribution in [0, 0.1) is 6.92 Å². The van der Waals surface area contributed by atoms with Crippen LogP contribution in [-0.4, -0.2) is 36.8 Å². The van der Waals surface area contributed by atoms with Gasteiger partial charge in [-0.2, -0.15) is 4.31 Å². The smallest absolute Gasteiger partial charge is 0.243 e. The lowest BCUT2D eigenvalue weighted by molar-refractivity contribution is 0.470. The molecule has 3 aromatic rings. The normalized spacial score (nSPS) is 20.8. The molecular formula is C20H21N3O2S2. The van der Waals surface area contributed by atoms with E-state index in [1.165, 1.54) is 15.6 Å². The Morgan fingerprint density at radius 3 is 2.59 bits per heavy atom. The van der Waals surface area contributed by atoms with Crippen molar-refractivity contribution in [3.05, 3.63) is 71.2 Å². The van der Waals surface area contributed by atoms with Gasteiger partial charge in [-0.25, -0.2) is 13.4 Å². The fraction of sp³-hybridized carbons (Fsp3) is 0.250. The molecule has 2 heterocycles. The van der Waals surface area contributed by atoms with Gasteiger partial charge in [0.2, 0.25) is 10.0 Å². The molecule has 27 heavy (non-hydrogen) atoms. The Kier molecular flexibility index (Phi) is 4.86. The van der Waals surface area contributed by atoms with Gasteiger partial charge in [0.1, 0.15) is 5.01 Å². The molecular weight excluding hydrogens is 378 g/mol. The van der Waals surface area contributed by atoms with E-state index in [1.54, 1.807) is 18.2 Å². The van der Waals surface area contributed by atoms with Crippen molar-refractivity contribution < 1.29 is 8.42 Å². The zero-order valence-electron chi connectivity index (χ0n) is 14.9. The summed E-state index contributed by atoms with van der Waals surface area (Å²) in [5.41, 5.74) is 9.11. The van der Waals surface area contributed by atoms with Crippen molar-refractivity contribution in [1.82, 2.24) is 9.29 Å². The molecule has 0 radical (unpaired) electrons. The largest absolute Gasteiger partial charge is 0.326 e. The fourth-order valence-corrected chi connectivity index (χ4v) is 5.81. The summed E-state index contributed by atoms with van der Waals surface area (Å²) in [7, 11) is -3.61. The second-order valence-electron chi connectivity index (χ2n) is 6.82. The quantitative estimate of drug-likeness (QED) is 0.731. The first kappa shape index (κ1) is 18.3. The second-order valence-corrected chi connectivity index (χ2v) is 9.62. The average Bonchev–Trinajstić information content (AvgIpc) is 3.29. The number of nitrogens with two attached hydrogens (primary N) is 1. The highest BCUT2D eigenvalue weighted by Crippen LogP contribution is 2.32. The predicted octanol–water partition coefficient (Wildman–Crippen LogP) is 3.23. The molecule has 1 aromatic heterocycles. The van der Waals surface area contributed by atoms with Crippen molar-refractivity contribution >= 4 is 21.4 Å². The molecule has 1 saturated heterocycles. The van der Waals surface area contributed by atoms with Gasteiger partial charge in [-0.1, -0.05) is 42.5 Å². The Morgan fingerprint density at radius 1 is 1.11 bits per heavy atom. The van der Waals surface area contributed by atoms with E-state index < -0.39 is 10.0 Å². The van der Waals surface area contributed by atoms with Crippen LogP contribution in [0.5, 0.6) is 0 Å². The topological polar surface area (TPSA) is 76.3 Å². The molecule has 1 fully saturated rings. The summed E-state index contributed by atoms with van der Waals surface area (Å²) in [4.78, 5) is 4.74. The summed E-state index contributed by atoms with van der Waals surface area (Å²) in [5, 5.41) is 2.78. The zero-order valence-corrected chi connectivity index (χ0v) is 16.6. The number of rotatable bonds is 4. The maximum absolute atomic E-state index is 13.2. The van der Waals surface area contributed by atoms with Gasteiger partial charge >= 0.3 is 0 Å². The predicted molar refractivity (Wildman–Crippen MR) is 108 cm³/mol. The number of hydrogen-bond acceptors (Lipinski definition) is 5. The van der Waals surface area contributed by atoms with Gasteiger partial charge in [0.15, 0.2) is 0 Å². The number of aromatic nitrogens is 1. The van der Waals surface area contributed by atoms with Crippen molar-refractivity contribution in [2.45, 2.75) is 23.8 Å². The van der Waals surface area contributed by atoms with E-state index in [0.29, 0.717) is 13.1 Å². The van der Waals surface area contributed by atoms with Gasteiger partial charge in [0.05, 0.1) is 4.90 Å². The Labute approximate surface area is 163 Å². The molecule has 0 aliphatic carbocycles. The van der Waals surface area contributed by atoms with Gasteiger partial charge in [-0.15, -0.1) is 11.3 Å². The lowest BCUT2D eigenvalue weighted by Crippen LogP contribution is -2.32. The van der Waals surface area contributed by atoms with Crippen LogP contribution in [0.1, 0.15) is 17.2 Å². The Balaban J connectivity index is 1.62. The summed E-state index contributed by atoms with van der Waals surface area (Å²) < 4.78 is 27.9. The van der Waals surface area contributed by atoms with Crippen molar-refractivity contribution in [3.8, 4) is 10.6 Å². The van der Waals surface area contributed by atoms with E-state index in [0.717, 1.165) is 21.8 Å². The summed E-state index contributed by atoms with van der Waals surface area (Å²) in [6, 6.07) is 16.7. The molecule has 0 spiro atoms. The van der Waals surface area contributed by atoms with Crippen LogP contribution >= 0.6 is 11.3 Å². The second kappa shape index (κ2) is 7.16. The van der Waals surface area contributed by atoms with E-state index >= 15 is 0 Å². The lowest BCUT2D eigenvalue weighted by atomic mass is 9.95. The van der Waals surface area contributed by atoms with Crippen LogP contribution in [0.25, 0.3) is 10.6 Å². The zero-order chi connectivity index (χ0) is 19.0. The van der Waals surface area contributed by atoms with Crippen LogP contribution in [-0.2, 0) is 10.0 Å². The van der Waals surface area contributed by atoms with Crippen molar-refractivity contribution in [2.75, 3.05) is 13.1 Å². The minimum Gasteiger partial charge on any atom is -0.326 e. The molecule has 2 aromatic carbocycles. The summed E-state index contributed by atoms with van der Waals surface area (Å²) >= 11 is 1.51. The van der Waals surface area contributed by atoms with Gasteiger partial charge in [-0.3, -0.25) is 0 Å². The van der Waals surface area contributed by atoms with Crippen molar-refractivity contribution in [3.63, 3.8) is 0 Å². The third-order valence-electron chi connectivity index (χ3n) is 4.90. The van der Waals surface area contributed by atoms with Gasteiger partial charge in [0, 0.05) is 41.7 Å². The molecule has 7 heteroatoms. The third kappa shape index (κ3) is 3.55. The Morgan fingerprint density at radius 2 is 1.89 bits per heavy atom. The van der Waals surface area contributed by atoms with E-state index in [2.05, 4.69) is 4.98 Å². The minimum absolute atomic E-state index is 0.00534. The lowest BCUT2D eigenvalue weighted by Gasteiger charge is -2.17. The van der Waals surface area contributed by atoms with Crippen LogP contribution in [0.15, 0.2) is 64.9 Å². The first-order valence-electron chi connectivity index (χ1n) is 8.78.